The highest BCUT2D eigenvalue weighted by atomic mass is 16.5. The molecule has 3 N–H and O–H groups in total. The Morgan fingerprint density at radius 2 is 2.10 bits per heavy atom. The number of hydrogen-bond donors (Lipinski definition) is 2. The summed E-state index contributed by atoms with van der Waals surface area (Å²) in [7, 11) is 1.72. The molecular formula is C15H29N3O2. The summed E-state index contributed by atoms with van der Waals surface area (Å²) in [5, 5.41) is 3.48. The van der Waals surface area contributed by atoms with Gasteiger partial charge in [-0.15, -0.1) is 0 Å². The van der Waals surface area contributed by atoms with Crippen LogP contribution in [0.5, 0.6) is 0 Å². The standard InChI is InChI=1S/C15H29N3O2/c1-3-8-17-15(14(16)19,12-4-5-12)11-18(9-10-20-2)13-6-7-13/h12-13,17H,3-11H2,1-2H3,(H2,16,19). The minimum absolute atomic E-state index is 0.184. The summed E-state index contributed by atoms with van der Waals surface area (Å²) in [5.41, 5.74) is 5.26. The van der Waals surface area contributed by atoms with Gasteiger partial charge in [0, 0.05) is 26.2 Å². The topological polar surface area (TPSA) is 67.6 Å². The van der Waals surface area contributed by atoms with Gasteiger partial charge in [0.2, 0.25) is 5.91 Å². The normalized spacial score (nSPS) is 21.9. The zero-order valence-corrected chi connectivity index (χ0v) is 12.9. The third kappa shape index (κ3) is 3.71. The predicted molar refractivity (Wildman–Crippen MR) is 79.4 cm³/mol. The van der Waals surface area contributed by atoms with Crippen molar-refractivity contribution in [2.45, 2.75) is 50.6 Å². The van der Waals surface area contributed by atoms with E-state index in [1.807, 2.05) is 0 Å². The summed E-state index contributed by atoms with van der Waals surface area (Å²) in [6.07, 6.45) is 5.71. The molecule has 5 heteroatoms. The van der Waals surface area contributed by atoms with Gasteiger partial charge in [-0.1, -0.05) is 6.92 Å². The SMILES string of the molecule is CCCNC(CN(CCOC)C1CC1)(C(N)=O)C1CC1. The van der Waals surface area contributed by atoms with Gasteiger partial charge >= 0.3 is 0 Å². The third-order valence-corrected chi connectivity index (χ3v) is 4.50. The van der Waals surface area contributed by atoms with Gasteiger partial charge in [-0.05, 0) is 44.6 Å². The van der Waals surface area contributed by atoms with Crippen LogP contribution in [0.2, 0.25) is 0 Å². The summed E-state index contributed by atoms with van der Waals surface area (Å²) < 4.78 is 5.20. The highest BCUT2D eigenvalue weighted by molar-refractivity contribution is 5.86. The minimum Gasteiger partial charge on any atom is -0.383 e. The van der Waals surface area contributed by atoms with Crippen LogP contribution in [0.4, 0.5) is 0 Å². The molecule has 2 aliphatic rings. The average molecular weight is 283 g/mol. The molecule has 5 nitrogen and oxygen atoms in total. The average Bonchev–Trinajstić information content (AvgIpc) is 3.29. The first kappa shape index (κ1) is 15.7. The zero-order valence-electron chi connectivity index (χ0n) is 12.9. The molecule has 0 radical (unpaired) electrons. The lowest BCUT2D eigenvalue weighted by Crippen LogP contribution is -2.63. The van der Waals surface area contributed by atoms with Crippen LogP contribution in [0.15, 0.2) is 0 Å². The largest absolute Gasteiger partial charge is 0.383 e. The van der Waals surface area contributed by atoms with Crippen molar-refractivity contribution in [3.05, 3.63) is 0 Å². The van der Waals surface area contributed by atoms with Gasteiger partial charge in [-0.25, -0.2) is 0 Å². The molecule has 116 valence electrons. The molecule has 0 aromatic heterocycles. The second kappa shape index (κ2) is 6.87. The molecular weight excluding hydrogens is 254 g/mol. The Balaban J connectivity index is 2.05. The first-order valence-electron chi connectivity index (χ1n) is 7.92. The minimum atomic E-state index is -0.535. The molecule has 2 rings (SSSR count). The van der Waals surface area contributed by atoms with Crippen LogP contribution in [0.3, 0.4) is 0 Å². The van der Waals surface area contributed by atoms with Crippen molar-refractivity contribution >= 4 is 5.91 Å². The molecule has 2 aliphatic carbocycles. The first-order valence-corrected chi connectivity index (χ1v) is 7.92. The molecule has 0 heterocycles. The molecule has 1 atom stereocenters. The van der Waals surface area contributed by atoms with E-state index in [0.717, 1.165) is 38.9 Å². The van der Waals surface area contributed by atoms with Crippen LogP contribution in [0.1, 0.15) is 39.0 Å². The summed E-state index contributed by atoms with van der Waals surface area (Å²) in [5.74, 6) is 0.229. The van der Waals surface area contributed by atoms with Crippen molar-refractivity contribution in [1.82, 2.24) is 10.2 Å². The van der Waals surface area contributed by atoms with E-state index in [1.165, 1.54) is 12.8 Å². The number of nitrogens with one attached hydrogen (secondary N) is 1. The number of carbonyl (C=O) groups is 1. The van der Waals surface area contributed by atoms with E-state index in [9.17, 15) is 4.79 Å². The maximum atomic E-state index is 12.2. The zero-order chi connectivity index (χ0) is 14.6. The van der Waals surface area contributed by atoms with E-state index in [-0.39, 0.29) is 5.91 Å². The fourth-order valence-corrected chi connectivity index (χ4v) is 2.98. The molecule has 20 heavy (non-hydrogen) atoms. The molecule has 1 amide bonds. The number of primary amides is 1. The Morgan fingerprint density at radius 1 is 1.40 bits per heavy atom. The van der Waals surface area contributed by atoms with E-state index in [4.69, 9.17) is 10.5 Å². The molecule has 1 unspecified atom stereocenters. The van der Waals surface area contributed by atoms with E-state index in [2.05, 4.69) is 17.1 Å². The van der Waals surface area contributed by atoms with Gasteiger partial charge in [-0.2, -0.15) is 0 Å². The fraction of sp³-hybridized carbons (Fsp3) is 0.933. The number of hydrogen-bond acceptors (Lipinski definition) is 4. The number of ether oxygens (including phenoxy) is 1. The van der Waals surface area contributed by atoms with E-state index in [1.54, 1.807) is 7.11 Å². The highest BCUT2D eigenvalue weighted by Gasteiger charge is 2.51. The lowest BCUT2D eigenvalue weighted by molar-refractivity contribution is -0.126. The molecule has 0 spiro atoms. The maximum absolute atomic E-state index is 12.2. The van der Waals surface area contributed by atoms with Gasteiger partial charge < -0.3 is 15.8 Å². The molecule has 0 aromatic carbocycles. The molecule has 0 aromatic rings. The molecule has 0 aliphatic heterocycles. The van der Waals surface area contributed by atoms with Crippen molar-refractivity contribution in [3.63, 3.8) is 0 Å². The molecule has 0 bridgehead atoms. The Hall–Kier alpha value is -0.650. The van der Waals surface area contributed by atoms with E-state index in [0.29, 0.717) is 18.6 Å². The molecule has 2 saturated carbocycles. The monoisotopic (exact) mass is 283 g/mol. The van der Waals surface area contributed by atoms with Crippen LogP contribution in [0, 0.1) is 5.92 Å². The van der Waals surface area contributed by atoms with E-state index < -0.39 is 5.54 Å². The smallest absolute Gasteiger partial charge is 0.239 e. The van der Waals surface area contributed by atoms with Crippen molar-refractivity contribution in [1.29, 1.82) is 0 Å². The van der Waals surface area contributed by atoms with Gasteiger partial charge in [-0.3, -0.25) is 9.69 Å². The number of nitrogens with two attached hydrogens (primary N) is 1. The Morgan fingerprint density at radius 3 is 2.55 bits per heavy atom. The van der Waals surface area contributed by atoms with Crippen LogP contribution in [0.25, 0.3) is 0 Å². The lowest BCUT2D eigenvalue weighted by atomic mass is 9.90. The van der Waals surface area contributed by atoms with Crippen molar-refractivity contribution < 1.29 is 9.53 Å². The second-order valence-corrected chi connectivity index (χ2v) is 6.23. The molecule has 0 saturated heterocycles. The number of nitrogens with zero attached hydrogens (tertiary/aromatic N) is 1. The highest BCUT2D eigenvalue weighted by Crippen LogP contribution is 2.41. The van der Waals surface area contributed by atoms with Crippen molar-refractivity contribution in [2.75, 3.05) is 33.4 Å². The second-order valence-electron chi connectivity index (χ2n) is 6.23. The van der Waals surface area contributed by atoms with Gasteiger partial charge in [0.15, 0.2) is 0 Å². The first-order chi connectivity index (χ1) is 9.64. The van der Waals surface area contributed by atoms with Crippen LogP contribution in [-0.2, 0) is 9.53 Å². The predicted octanol–water partition coefficient (Wildman–Crippen LogP) is 0.731. The number of methoxy groups -OCH3 is 1. The maximum Gasteiger partial charge on any atom is 0.239 e. The van der Waals surface area contributed by atoms with E-state index >= 15 is 0 Å². The van der Waals surface area contributed by atoms with Crippen LogP contribution in [-0.4, -0.2) is 55.7 Å². The van der Waals surface area contributed by atoms with Crippen LogP contribution < -0.4 is 11.1 Å². The fourth-order valence-electron chi connectivity index (χ4n) is 2.98. The van der Waals surface area contributed by atoms with Crippen LogP contribution >= 0.6 is 0 Å². The summed E-state index contributed by atoms with van der Waals surface area (Å²) >= 11 is 0. The molecule has 2 fully saturated rings. The Bertz CT molecular complexity index is 329. The van der Waals surface area contributed by atoms with Gasteiger partial charge in [0.1, 0.15) is 5.54 Å². The number of carbonyl (C=O) groups excluding carboxylic acids is 1. The van der Waals surface area contributed by atoms with Crippen molar-refractivity contribution in [3.8, 4) is 0 Å². The third-order valence-electron chi connectivity index (χ3n) is 4.50. The Kier molecular flexibility index (Phi) is 5.41. The summed E-state index contributed by atoms with van der Waals surface area (Å²) in [6, 6.07) is 0.617. The van der Waals surface area contributed by atoms with Gasteiger partial charge in [0.25, 0.3) is 0 Å². The quantitative estimate of drug-likeness (QED) is 0.587. The van der Waals surface area contributed by atoms with Gasteiger partial charge in [0.05, 0.1) is 6.61 Å². The Labute approximate surface area is 122 Å². The summed E-state index contributed by atoms with van der Waals surface area (Å²) in [4.78, 5) is 14.6. The lowest BCUT2D eigenvalue weighted by Gasteiger charge is -2.37. The number of rotatable bonds is 11. The number of amides is 1. The van der Waals surface area contributed by atoms with Crippen molar-refractivity contribution in [2.24, 2.45) is 11.7 Å². The summed E-state index contributed by atoms with van der Waals surface area (Å²) in [6.45, 7) is 5.30.